The summed E-state index contributed by atoms with van der Waals surface area (Å²) in [6.45, 7) is 6.36. The van der Waals surface area contributed by atoms with Crippen LogP contribution in [0.5, 0.6) is 0 Å². The molecule has 0 saturated carbocycles. The number of amides is 2. The number of nitrogens with zero attached hydrogens (tertiary/aromatic N) is 2. The van der Waals surface area contributed by atoms with Crippen molar-refractivity contribution in [3.63, 3.8) is 0 Å². The van der Waals surface area contributed by atoms with Gasteiger partial charge in [0, 0.05) is 12.7 Å². The van der Waals surface area contributed by atoms with E-state index in [0.29, 0.717) is 12.1 Å². The van der Waals surface area contributed by atoms with Crippen molar-refractivity contribution in [1.29, 1.82) is 0 Å². The predicted octanol–water partition coefficient (Wildman–Crippen LogP) is 2.26. The van der Waals surface area contributed by atoms with E-state index in [1.807, 2.05) is 39.0 Å². The van der Waals surface area contributed by atoms with Crippen LogP contribution in [-0.4, -0.2) is 30.3 Å². The third-order valence-corrected chi connectivity index (χ3v) is 4.17. The van der Waals surface area contributed by atoms with Crippen molar-refractivity contribution in [1.82, 2.24) is 4.90 Å². The Labute approximate surface area is 118 Å². The maximum Gasteiger partial charge on any atom is 0.256 e. The summed E-state index contributed by atoms with van der Waals surface area (Å²) in [6.07, 6.45) is 1.95. The minimum absolute atomic E-state index is 0.0288. The first-order valence-corrected chi connectivity index (χ1v) is 6.81. The molecule has 2 heterocycles. The molecule has 2 amide bonds. The molecule has 0 radical (unpaired) electrons. The highest BCUT2D eigenvalue weighted by Gasteiger charge is 2.37. The van der Waals surface area contributed by atoms with Crippen molar-refractivity contribution in [3.8, 4) is 0 Å². The summed E-state index contributed by atoms with van der Waals surface area (Å²) >= 11 is 0. The second-order valence-electron chi connectivity index (χ2n) is 5.74. The molecule has 0 aliphatic carbocycles. The second kappa shape index (κ2) is 4.20. The molecule has 104 valence electrons. The Morgan fingerprint density at radius 2 is 1.80 bits per heavy atom. The Morgan fingerprint density at radius 3 is 2.50 bits per heavy atom. The van der Waals surface area contributed by atoms with Gasteiger partial charge < -0.3 is 4.90 Å². The Hall–Kier alpha value is -2.10. The summed E-state index contributed by atoms with van der Waals surface area (Å²) in [4.78, 5) is 28.3. The second-order valence-corrected chi connectivity index (χ2v) is 5.74. The lowest BCUT2D eigenvalue weighted by Gasteiger charge is -2.21. The van der Waals surface area contributed by atoms with E-state index in [4.69, 9.17) is 0 Å². The van der Waals surface area contributed by atoms with E-state index in [9.17, 15) is 9.59 Å². The Balaban J connectivity index is 2.27. The zero-order chi connectivity index (χ0) is 14.6. The maximum atomic E-state index is 12.5. The zero-order valence-corrected chi connectivity index (χ0v) is 12.2. The molecular weight excluding hydrogens is 252 g/mol. The highest BCUT2D eigenvalue weighted by Crippen LogP contribution is 2.36. The number of carbonyl (C=O) groups is 2. The van der Waals surface area contributed by atoms with Crippen LogP contribution in [0.4, 0.5) is 5.69 Å². The van der Waals surface area contributed by atoms with Crippen LogP contribution in [0, 0.1) is 19.8 Å². The Kier molecular flexibility index (Phi) is 2.71. The topological polar surface area (TPSA) is 40.6 Å². The van der Waals surface area contributed by atoms with Crippen molar-refractivity contribution in [3.05, 3.63) is 40.6 Å². The molecule has 0 bridgehead atoms. The van der Waals surface area contributed by atoms with Gasteiger partial charge in [0.05, 0.1) is 23.7 Å². The van der Waals surface area contributed by atoms with Crippen molar-refractivity contribution in [2.45, 2.75) is 20.8 Å². The van der Waals surface area contributed by atoms with Gasteiger partial charge in [-0.15, -0.1) is 0 Å². The molecule has 0 spiro atoms. The fourth-order valence-corrected chi connectivity index (χ4v) is 2.85. The lowest BCUT2D eigenvalue weighted by molar-refractivity contribution is -0.119. The van der Waals surface area contributed by atoms with Gasteiger partial charge in [-0.25, -0.2) is 0 Å². The van der Waals surface area contributed by atoms with Crippen LogP contribution < -0.4 is 4.90 Å². The van der Waals surface area contributed by atoms with Crippen LogP contribution in [0.1, 0.15) is 28.4 Å². The lowest BCUT2D eigenvalue weighted by atomic mass is 10.0. The SMILES string of the molecule is Cc1cc2c(cc1C)N1C(=O)C(C)C=C1CN(C)C2=O. The lowest BCUT2D eigenvalue weighted by Crippen LogP contribution is -2.30. The van der Waals surface area contributed by atoms with Crippen LogP contribution in [0.15, 0.2) is 23.9 Å². The van der Waals surface area contributed by atoms with E-state index in [0.717, 1.165) is 22.5 Å². The molecular formula is C16H18N2O2. The molecule has 2 aliphatic rings. The number of carbonyl (C=O) groups excluding carboxylic acids is 2. The first-order valence-electron chi connectivity index (χ1n) is 6.81. The van der Waals surface area contributed by atoms with Crippen LogP contribution in [0.25, 0.3) is 0 Å². The molecule has 0 fully saturated rings. The van der Waals surface area contributed by atoms with E-state index in [2.05, 4.69) is 0 Å². The molecule has 0 N–H and O–H groups in total. The van der Waals surface area contributed by atoms with Crippen LogP contribution in [-0.2, 0) is 4.79 Å². The van der Waals surface area contributed by atoms with Gasteiger partial charge in [0.15, 0.2) is 0 Å². The fourth-order valence-electron chi connectivity index (χ4n) is 2.85. The third-order valence-electron chi connectivity index (χ3n) is 4.17. The summed E-state index contributed by atoms with van der Waals surface area (Å²) in [5, 5.41) is 0. The predicted molar refractivity (Wildman–Crippen MR) is 77.6 cm³/mol. The van der Waals surface area contributed by atoms with Crippen molar-refractivity contribution in [2.75, 3.05) is 18.5 Å². The monoisotopic (exact) mass is 270 g/mol. The molecule has 20 heavy (non-hydrogen) atoms. The van der Waals surface area contributed by atoms with E-state index < -0.39 is 0 Å². The first kappa shape index (κ1) is 12.9. The smallest absolute Gasteiger partial charge is 0.256 e. The van der Waals surface area contributed by atoms with E-state index in [-0.39, 0.29) is 17.7 Å². The fraction of sp³-hybridized carbons (Fsp3) is 0.375. The molecule has 3 rings (SSSR count). The number of hydrogen-bond donors (Lipinski definition) is 0. The number of rotatable bonds is 0. The van der Waals surface area contributed by atoms with E-state index in [1.165, 1.54) is 0 Å². The van der Waals surface area contributed by atoms with Gasteiger partial charge in [0.2, 0.25) is 5.91 Å². The molecule has 1 aromatic carbocycles. The standard InChI is InChI=1S/C16H18N2O2/c1-9-6-13-14(7-10(9)2)18-12(5-11(3)15(18)19)8-17(4)16(13)20/h5-7,11H,8H2,1-4H3. The summed E-state index contributed by atoms with van der Waals surface area (Å²) in [6, 6.07) is 3.84. The normalized spacial score (nSPS) is 21.6. The van der Waals surface area contributed by atoms with Gasteiger partial charge in [0.25, 0.3) is 5.91 Å². The van der Waals surface area contributed by atoms with Gasteiger partial charge >= 0.3 is 0 Å². The van der Waals surface area contributed by atoms with Crippen LogP contribution in [0.2, 0.25) is 0 Å². The van der Waals surface area contributed by atoms with Crippen LogP contribution >= 0.6 is 0 Å². The van der Waals surface area contributed by atoms with Crippen molar-refractivity contribution in [2.24, 2.45) is 5.92 Å². The average molecular weight is 270 g/mol. The molecule has 2 aliphatic heterocycles. The Morgan fingerprint density at radius 1 is 1.15 bits per heavy atom. The molecule has 1 unspecified atom stereocenters. The zero-order valence-electron chi connectivity index (χ0n) is 12.2. The number of fused-ring (bicyclic) bond motifs is 3. The summed E-state index contributed by atoms with van der Waals surface area (Å²) < 4.78 is 0. The number of anilines is 1. The maximum absolute atomic E-state index is 12.5. The molecule has 1 aromatic rings. The number of hydrogen-bond acceptors (Lipinski definition) is 2. The molecule has 0 saturated heterocycles. The van der Waals surface area contributed by atoms with Gasteiger partial charge in [0.1, 0.15) is 0 Å². The van der Waals surface area contributed by atoms with Crippen LogP contribution in [0.3, 0.4) is 0 Å². The third kappa shape index (κ3) is 1.68. The summed E-state index contributed by atoms with van der Waals surface area (Å²) in [5.74, 6) is -0.104. The minimum Gasteiger partial charge on any atom is -0.336 e. The average Bonchev–Trinajstić information content (AvgIpc) is 2.61. The summed E-state index contributed by atoms with van der Waals surface area (Å²) in [5.41, 5.74) is 4.40. The highest BCUT2D eigenvalue weighted by atomic mass is 16.2. The van der Waals surface area contributed by atoms with Gasteiger partial charge in [-0.05, 0) is 44.0 Å². The van der Waals surface area contributed by atoms with Gasteiger partial charge in [-0.1, -0.05) is 6.08 Å². The quantitative estimate of drug-likeness (QED) is 0.725. The largest absolute Gasteiger partial charge is 0.336 e. The Bertz CT molecular complexity index is 661. The molecule has 4 heteroatoms. The molecule has 0 aromatic heterocycles. The number of aryl methyl sites for hydroxylation is 2. The van der Waals surface area contributed by atoms with Crippen molar-refractivity contribution >= 4 is 17.5 Å². The number of likely N-dealkylation sites (N-methyl/N-ethyl adjacent to an activating group) is 1. The number of benzene rings is 1. The molecule has 1 atom stereocenters. The highest BCUT2D eigenvalue weighted by molar-refractivity contribution is 6.10. The van der Waals surface area contributed by atoms with Gasteiger partial charge in [-0.2, -0.15) is 0 Å². The summed E-state index contributed by atoms with van der Waals surface area (Å²) in [7, 11) is 1.78. The molecule has 4 nitrogen and oxygen atoms in total. The van der Waals surface area contributed by atoms with Gasteiger partial charge in [-0.3, -0.25) is 14.5 Å². The van der Waals surface area contributed by atoms with E-state index >= 15 is 0 Å². The van der Waals surface area contributed by atoms with E-state index in [1.54, 1.807) is 16.8 Å². The van der Waals surface area contributed by atoms with Crippen molar-refractivity contribution < 1.29 is 9.59 Å². The minimum atomic E-state index is -0.124. The first-order chi connectivity index (χ1) is 9.40.